The SMILES string of the molecule is CC(C)[C@H](N=C1NS(=O)(=O)c2ccccc21)C(=O)NOC1CCCCO1. The first kappa shape index (κ1) is 18.8. The lowest BCUT2D eigenvalue weighted by Crippen LogP contribution is -2.41. The van der Waals surface area contributed by atoms with Crippen LogP contribution in [0.3, 0.4) is 0 Å². The Hall–Kier alpha value is -1.97. The van der Waals surface area contributed by atoms with E-state index in [0.717, 1.165) is 12.8 Å². The Bertz CT molecular complexity index is 800. The van der Waals surface area contributed by atoms with E-state index in [0.29, 0.717) is 18.6 Å². The van der Waals surface area contributed by atoms with Crippen molar-refractivity contribution in [2.45, 2.75) is 50.3 Å². The smallest absolute Gasteiger partial charge is 0.268 e. The van der Waals surface area contributed by atoms with E-state index in [2.05, 4.69) is 15.2 Å². The number of rotatable bonds is 5. The first-order valence-corrected chi connectivity index (χ1v) is 10.1. The number of nitrogens with one attached hydrogen (secondary N) is 2. The van der Waals surface area contributed by atoms with Crippen LogP contribution in [0.1, 0.15) is 38.7 Å². The molecular weight excluding hydrogens is 358 g/mol. The minimum Gasteiger partial charge on any atom is -0.350 e. The van der Waals surface area contributed by atoms with Crippen LogP contribution in [0.2, 0.25) is 0 Å². The summed E-state index contributed by atoms with van der Waals surface area (Å²) < 4.78 is 32.2. The monoisotopic (exact) mass is 381 g/mol. The van der Waals surface area contributed by atoms with E-state index >= 15 is 0 Å². The minimum absolute atomic E-state index is 0.157. The zero-order valence-electron chi connectivity index (χ0n) is 14.8. The molecular formula is C17H23N3O5S. The first-order valence-electron chi connectivity index (χ1n) is 8.65. The van der Waals surface area contributed by atoms with Crippen LogP contribution in [-0.2, 0) is 24.4 Å². The highest BCUT2D eigenvalue weighted by atomic mass is 32.2. The second-order valence-electron chi connectivity index (χ2n) is 6.65. The molecule has 0 aromatic heterocycles. The van der Waals surface area contributed by atoms with Crippen molar-refractivity contribution in [2.75, 3.05) is 6.61 Å². The molecule has 1 amide bonds. The Labute approximate surface area is 153 Å². The number of carbonyl (C=O) groups is 1. The summed E-state index contributed by atoms with van der Waals surface area (Å²) in [7, 11) is -3.64. The Morgan fingerprint density at radius 1 is 1.35 bits per heavy atom. The molecule has 3 rings (SSSR count). The third-order valence-electron chi connectivity index (χ3n) is 4.26. The Kier molecular flexibility index (Phi) is 5.59. The van der Waals surface area contributed by atoms with Crippen LogP contribution in [0.25, 0.3) is 0 Å². The number of ether oxygens (including phenoxy) is 1. The molecule has 0 aliphatic carbocycles. The van der Waals surface area contributed by atoms with Crippen molar-refractivity contribution in [1.82, 2.24) is 10.2 Å². The second kappa shape index (κ2) is 7.73. The van der Waals surface area contributed by atoms with Crippen molar-refractivity contribution in [3.05, 3.63) is 29.8 Å². The fourth-order valence-electron chi connectivity index (χ4n) is 2.87. The number of fused-ring (bicyclic) bond motifs is 1. The molecule has 1 aromatic rings. The summed E-state index contributed by atoms with van der Waals surface area (Å²) >= 11 is 0. The molecule has 0 radical (unpaired) electrons. The lowest BCUT2D eigenvalue weighted by Gasteiger charge is -2.23. The molecule has 2 aliphatic rings. The van der Waals surface area contributed by atoms with Gasteiger partial charge >= 0.3 is 0 Å². The number of amides is 1. The molecule has 1 unspecified atom stereocenters. The topological polar surface area (TPSA) is 106 Å². The zero-order chi connectivity index (χ0) is 18.7. The lowest BCUT2D eigenvalue weighted by molar-refractivity contribution is -0.201. The summed E-state index contributed by atoms with van der Waals surface area (Å²) in [4.78, 5) is 22.4. The van der Waals surface area contributed by atoms with Crippen LogP contribution in [0, 0.1) is 5.92 Å². The summed E-state index contributed by atoms with van der Waals surface area (Å²) in [5.74, 6) is -0.427. The predicted octanol–water partition coefficient (Wildman–Crippen LogP) is 1.32. The number of amidine groups is 1. The quantitative estimate of drug-likeness (QED) is 0.749. The number of hydroxylamine groups is 1. The number of hydrogen-bond acceptors (Lipinski definition) is 6. The average molecular weight is 381 g/mol. The largest absolute Gasteiger partial charge is 0.350 e. The van der Waals surface area contributed by atoms with Crippen molar-refractivity contribution in [3.8, 4) is 0 Å². The number of aliphatic imine (C=N–C) groups is 1. The van der Waals surface area contributed by atoms with E-state index in [4.69, 9.17) is 9.57 Å². The van der Waals surface area contributed by atoms with E-state index < -0.39 is 28.3 Å². The number of hydrogen-bond donors (Lipinski definition) is 2. The van der Waals surface area contributed by atoms with E-state index in [9.17, 15) is 13.2 Å². The van der Waals surface area contributed by atoms with Gasteiger partial charge in [-0.3, -0.25) is 14.5 Å². The van der Waals surface area contributed by atoms with Crippen molar-refractivity contribution in [2.24, 2.45) is 10.9 Å². The van der Waals surface area contributed by atoms with Gasteiger partial charge in [0.2, 0.25) is 0 Å². The van der Waals surface area contributed by atoms with Gasteiger partial charge in [-0.15, -0.1) is 0 Å². The predicted molar refractivity (Wildman–Crippen MR) is 94.7 cm³/mol. The molecule has 2 N–H and O–H groups in total. The fourth-order valence-corrected chi connectivity index (χ4v) is 4.11. The normalized spacial score (nSPS) is 24.1. The van der Waals surface area contributed by atoms with E-state index in [1.54, 1.807) is 18.2 Å². The van der Waals surface area contributed by atoms with Crippen molar-refractivity contribution in [1.29, 1.82) is 0 Å². The maximum absolute atomic E-state index is 12.5. The van der Waals surface area contributed by atoms with Gasteiger partial charge in [0.25, 0.3) is 15.9 Å². The van der Waals surface area contributed by atoms with Gasteiger partial charge in [0.1, 0.15) is 11.9 Å². The molecule has 26 heavy (non-hydrogen) atoms. The fraction of sp³-hybridized carbons (Fsp3) is 0.529. The minimum atomic E-state index is -3.64. The van der Waals surface area contributed by atoms with Gasteiger partial charge in [-0.1, -0.05) is 26.0 Å². The second-order valence-corrected chi connectivity index (χ2v) is 8.30. The summed E-state index contributed by atoms with van der Waals surface area (Å²) in [6.45, 7) is 4.27. The lowest BCUT2D eigenvalue weighted by atomic mass is 10.0. The van der Waals surface area contributed by atoms with Crippen LogP contribution in [0.4, 0.5) is 0 Å². The third-order valence-corrected chi connectivity index (χ3v) is 5.66. The molecule has 1 saturated heterocycles. The van der Waals surface area contributed by atoms with Crippen LogP contribution >= 0.6 is 0 Å². The summed E-state index contributed by atoms with van der Waals surface area (Å²) in [5, 5.41) is 0. The van der Waals surface area contributed by atoms with Gasteiger partial charge in [0.05, 0.1) is 4.90 Å². The molecule has 1 aromatic carbocycles. The van der Waals surface area contributed by atoms with Crippen LogP contribution in [-0.4, -0.2) is 39.1 Å². The summed E-state index contributed by atoms with van der Waals surface area (Å²) in [6, 6.07) is 5.74. The van der Waals surface area contributed by atoms with Gasteiger partial charge in [-0.25, -0.2) is 18.7 Å². The molecule has 2 aliphatic heterocycles. The molecule has 9 heteroatoms. The Morgan fingerprint density at radius 2 is 2.12 bits per heavy atom. The highest BCUT2D eigenvalue weighted by molar-refractivity contribution is 7.90. The average Bonchev–Trinajstić information content (AvgIpc) is 2.89. The molecule has 2 heterocycles. The van der Waals surface area contributed by atoms with Crippen LogP contribution in [0.5, 0.6) is 0 Å². The molecule has 8 nitrogen and oxygen atoms in total. The van der Waals surface area contributed by atoms with Crippen LogP contribution < -0.4 is 10.2 Å². The number of nitrogens with zero attached hydrogens (tertiary/aromatic N) is 1. The van der Waals surface area contributed by atoms with Gasteiger partial charge in [-0.05, 0) is 30.9 Å². The molecule has 0 saturated carbocycles. The van der Waals surface area contributed by atoms with E-state index in [1.807, 2.05) is 13.8 Å². The zero-order valence-corrected chi connectivity index (χ0v) is 15.6. The van der Waals surface area contributed by atoms with Gasteiger partial charge in [-0.2, -0.15) is 0 Å². The highest BCUT2D eigenvalue weighted by Gasteiger charge is 2.33. The van der Waals surface area contributed by atoms with Crippen molar-refractivity contribution >= 4 is 21.8 Å². The summed E-state index contributed by atoms with van der Waals surface area (Å²) in [6.07, 6.45) is 2.22. The Morgan fingerprint density at radius 3 is 2.81 bits per heavy atom. The van der Waals surface area contributed by atoms with Crippen molar-refractivity contribution in [3.63, 3.8) is 0 Å². The molecule has 2 atom stereocenters. The van der Waals surface area contributed by atoms with Gasteiger partial charge < -0.3 is 4.74 Å². The highest BCUT2D eigenvalue weighted by Crippen LogP contribution is 2.23. The molecule has 1 fully saturated rings. The molecule has 0 spiro atoms. The number of sulfonamides is 1. The van der Waals surface area contributed by atoms with Crippen LogP contribution in [0.15, 0.2) is 34.2 Å². The third kappa shape index (κ3) is 4.05. The van der Waals surface area contributed by atoms with Gasteiger partial charge in [0, 0.05) is 18.6 Å². The van der Waals surface area contributed by atoms with E-state index in [-0.39, 0.29) is 16.6 Å². The summed E-state index contributed by atoms with van der Waals surface area (Å²) in [5.41, 5.74) is 2.86. The number of carbonyl (C=O) groups excluding carboxylic acids is 1. The maximum Gasteiger partial charge on any atom is 0.268 e. The standard InChI is InChI=1S/C17H23N3O5S/c1-11(2)15(17(21)19-25-14-9-5-6-10-24-14)18-16-12-7-3-4-8-13(12)26(22,23)20-16/h3-4,7-8,11,14-15H,5-6,9-10H2,1-2H3,(H,18,20)(H,19,21)/t14?,15-/m0/s1. The Balaban J connectivity index is 1.76. The first-order chi connectivity index (χ1) is 12.4. The molecule has 0 bridgehead atoms. The molecule has 142 valence electrons. The van der Waals surface area contributed by atoms with Gasteiger partial charge in [0.15, 0.2) is 6.29 Å². The van der Waals surface area contributed by atoms with E-state index in [1.165, 1.54) is 6.07 Å². The maximum atomic E-state index is 12.5. The van der Waals surface area contributed by atoms with Crippen molar-refractivity contribution < 1.29 is 22.8 Å². The number of benzene rings is 1.